The van der Waals surface area contributed by atoms with Gasteiger partial charge in [0.1, 0.15) is 0 Å². The predicted octanol–water partition coefficient (Wildman–Crippen LogP) is 5.04. The number of hydrogen-bond donors (Lipinski definition) is 2. The van der Waals surface area contributed by atoms with E-state index in [0.717, 1.165) is 16.8 Å². The molecule has 0 spiro atoms. The molecule has 10 nitrogen and oxygen atoms in total. The molecule has 1 amide bonds. The number of para-hydroxylation sites is 1. The highest BCUT2D eigenvalue weighted by Crippen LogP contribution is 2.26. The molecular formula is C27H23N3O7S. The maximum atomic E-state index is 12.9. The van der Waals surface area contributed by atoms with Gasteiger partial charge in [-0.3, -0.25) is 19.6 Å². The predicted molar refractivity (Wildman–Crippen MR) is 143 cm³/mol. The van der Waals surface area contributed by atoms with Crippen LogP contribution in [0.4, 0.5) is 17.1 Å². The molecule has 0 bridgehead atoms. The van der Waals surface area contributed by atoms with Crippen LogP contribution in [0.2, 0.25) is 0 Å². The number of hydrogen-bond acceptors (Lipinski definition) is 7. The first-order valence-corrected chi connectivity index (χ1v) is 12.9. The summed E-state index contributed by atoms with van der Waals surface area (Å²) in [6, 6.07) is 22.2. The Bertz CT molecular complexity index is 1670. The number of nitrogens with one attached hydrogen (secondary N) is 2. The fourth-order valence-electron chi connectivity index (χ4n) is 3.70. The number of anilines is 2. The average Bonchev–Trinajstić information content (AvgIpc) is 2.88. The van der Waals surface area contributed by atoms with E-state index in [1.54, 1.807) is 12.1 Å². The summed E-state index contributed by atoms with van der Waals surface area (Å²) in [4.78, 5) is 35.8. The van der Waals surface area contributed by atoms with E-state index in [9.17, 15) is 28.1 Å². The number of amides is 1. The van der Waals surface area contributed by atoms with Gasteiger partial charge in [0.25, 0.3) is 21.6 Å². The summed E-state index contributed by atoms with van der Waals surface area (Å²) in [5.74, 6) is -1.50. The Kier molecular flexibility index (Phi) is 7.40. The molecule has 0 saturated heterocycles. The lowest BCUT2D eigenvalue weighted by atomic mass is 10.1. The van der Waals surface area contributed by atoms with E-state index in [1.807, 2.05) is 30.3 Å². The Hall–Kier alpha value is -4.77. The number of nitrogens with zero attached hydrogens (tertiary/aromatic N) is 1. The van der Waals surface area contributed by atoms with Crippen molar-refractivity contribution in [2.45, 2.75) is 24.8 Å². The maximum Gasteiger partial charge on any atom is 0.341 e. The van der Waals surface area contributed by atoms with Crippen LogP contribution in [-0.4, -0.2) is 31.3 Å². The van der Waals surface area contributed by atoms with E-state index in [1.165, 1.54) is 50.2 Å². The van der Waals surface area contributed by atoms with Crippen molar-refractivity contribution in [3.8, 4) is 0 Å². The SMILES string of the molecule is Cc1ccc(S(=O)(=O)Nc2ccccc2C(=O)O[C@H](C)C(=O)Nc2ccc3ccccc3c2)cc1[N+](=O)[O-]. The van der Waals surface area contributed by atoms with Crippen LogP contribution in [0, 0.1) is 17.0 Å². The third-order valence-electron chi connectivity index (χ3n) is 5.75. The molecule has 0 heterocycles. The lowest BCUT2D eigenvalue weighted by Gasteiger charge is -2.16. The van der Waals surface area contributed by atoms with Gasteiger partial charge in [-0.15, -0.1) is 0 Å². The number of carbonyl (C=O) groups is 2. The number of aryl methyl sites for hydroxylation is 1. The zero-order valence-corrected chi connectivity index (χ0v) is 21.2. The van der Waals surface area contributed by atoms with Crippen LogP contribution in [0.5, 0.6) is 0 Å². The molecular weight excluding hydrogens is 510 g/mol. The molecule has 4 aromatic rings. The number of benzene rings is 4. The fourth-order valence-corrected chi connectivity index (χ4v) is 4.79. The second-order valence-electron chi connectivity index (χ2n) is 8.46. The van der Waals surface area contributed by atoms with Crippen LogP contribution in [-0.2, 0) is 19.6 Å². The second-order valence-corrected chi connectivity index (χ2v) is 10.1. The molecule has 0 saturated carbocycles. The lowest BCUT2D eigenvalue weighted by molar-refractivity contribution is -0.385. The van der Waals surface area contributed by atoms with Crippen molar-refractivity contribution < 1.29 is 27.7 Å². The van der Waals surface area contributed by atoms with Crippen LogP contribution < -0.4 is 10.0 Å². The Balaban J connectivity index is 1.49. The maximum absolute atomic E-state index is 12.9. The smallest absolute Gasteiger partial charge is 0.341 e. The second kappa shape index (κ2) is 10.7. The molecule has 194 valence electrons. The Morgan fingerprint density at radius 2 is 1.61 bits per heavy atom. The van der Waals surface area contributed by atoms with Gasteiger partial charge in [-0.1, -0.05) is 48.5 Å². The van der Waals surface area contributed by atoms with E-state index in [0.29, 0.717) is 11.3 Å². The molecule has 0 aliphatic rings. The first-order valence-electron chi connectivity index (χ1n) is 11.4. The van der Waals surface area contributed by atoms with Crippen molar-refractivity contribution in [2.24, 2.45) is 0 Å². The van der Waals surface area contributed by atoms with Gasteiger partial charge < -0.3 is 10.1 Å². The van der Waals surface area contributed by atoms with Crippen molar-refractivity contribution >= 4 is 49.7 Å². The highest BCUT2D eigenvalue weighted by atomic mass is 32.2. The van der Waals surface area contributed by atoms with Crippen LogP contribution in [0.25, 0.3) is 10.8 Å². The van der Waals surface area contributed by atoms with Gasteiger partial charge >= 0.3 is 5.97 Å². The summed E-state index contributed by atoms with van der Waals surface area (Å²) >= 11 is 0. The van der Waals surface area contributed by atoms with Crippen molar-refractivity contribution in [3.05, 3.63) is 106 Å². The number of rotatable bonds is 8. The lowest BCUT2D eigenvalue weighted by Crippen LogP contribution is -2.30. The number of esters is 1. The monoisotopic (exact) mass is 533 g/mol. The van der Waals surface area contributed by atoms with Crippen LogP contribution in [0.1, 0.15) is 22.8 Å². The Morgan fingerprint density at radius 1 is 0.921 bits per heavy atom. The van der Waals surface area contributed by atoms with Gasteiger partial charge in [-0.05, 0) is 55.0 Å². The standard InChI is InChI=1S/C27H23N3O7S/c1-17-11-14-22(16-25(17)30(33)34)38(35,36)29-24-10-6-5-9-23(24)27(32)37-18(2)26(31)28-21-13-12-19-7-3-4-8-20(19)15-21/h3-16,18,29H,1-2H3,(H,28,31)/t18-/m1/s1. The van der Waals surface area contributed by atoms with Gasteiger partial charge in [0.2, 0.25) is 0 Å². The van der Waals surface area contributed by atoms with Crippen molar-refractivity contribution in [2.75, 3.05) is 10.0 Å². The van der Waals surface area contributed by atoms with Crippen LogP contribution in [0.15, 0.2) is 89.8 Å². The molecule has 11 heteroatoms. The molecule has 4 rings (SSSR count). The summed E-state index contributed by atoms with van der Waals surface area (Å²) in [6.07, 6.45) is -1.20. The minimum Gasteiger partial charge on any atom is -0.449 e. The largest absolute Gasteiger partial charge is 0.449 e. The molecule has 38 heavy (non-hydrogen) atoms. The number of fused-ring (bicyclic) bond motifs is 1. The number of sulfonamides is 1. The number of nitro groups is 1. The summed E-state index contributed by atoms with van der Waals surface area (Å²) in [5.41, 5.74) is 0.226. The van der Waals surface area contributed by atoms with Gasteiger partial charge in [0.05, 0.1) is 21.1 Å². The van der Waals surface area contributed by atoms with E-state index in [4.69, 9.17) is 4.74 Å². The molecule has 0 aliphatic heterocycles. The zero-order valence-electron chi connectivity index (χ0n) is 20.4. The molecule has 2 N–H and O–H groups in total. The summed E-state index contributed by atoms with van der Waals surface area (Å²) < 4.78 is 33.5. The first kappa shape index (κ1) is 26.3. The summed E-state index contributed by atoms with van der Waals surface area (Å²) in [7, 11) is -4.29. The first-order chi connectivity index (χ1) is 18.0. The normalized spacial score (nSPS) is 11.9. The van der Waals surface area contributed by atoms with Crippen LogP contribution in [0.3, 0.4) is 0 Å². The fraction of sp³-hybridized carbons (Fsp3) is 0.111. The summed E-state index contributed by atoms with van der Waals surface area (Å²) in [6.45, 7) is 2.89. The van der Waals surface area contributed by atoms with Crippen molar-refractivity contribution in [1.82, 2.24) is 0 Å². The Labute approximate surface area is 218 Å². The third kappa shape index (κ3) is 5.79. The number of nitro benzene ring substituents is 1. The quantitative estimate of drug-likeness (QED) is 0.183. The van der Waals surface area contributed by atoms with Gasteiger partial charge in [0.15, 0.2) is 6.10 Å². The van der Waals surface area contributed by atoms with Crippen molar-refractivity contribution in [3.63, 3.8) is 0 Å². The number of carbonyl (C=O) groups excluding carboxylic acids is 2. The zero-order chi connectivity index (χ0) is 27.4. The molecule has 0 aromatic heterocycles. The average molecular weight is 534 g/mol. The molecule has 0 aliphatic carbocycles. The highest BCUT2D eigenvalue weighted by Gasteiger charge is 2.25. The van der Waals surface area contributed by atoms with Gasteiger partial charge in [-0.25, -0.2) is 13.2 Å². The third-order valence-corrected chi connectivity index (χ3v) is 7.11. The molecule has 1 atom stereocenters. The molecule has 0 radical (unpaired) electrons. The number of ether oxygens (including phenoxy) is 1. The Morgan fingerprint density at radius 3 is 2.34 bits per heavy atom. The van der Waals surface area contributed by atoms with E-state index in [-0.39, 0.29) is 21.8 Å². The van der Waals surface area contributed by atoms with Crippen molar-refractivity contribution in [1.29, 1.82) is 0 Å². The van der Waals surface area contributed by atoms with Crippen LogP contribution >= 0.6 is 0 Å². The topological polar surface area (TPSA) is 145 Å². The van der Waals surface area contributed by atoms with Gasteiger partial charge in [0, 0.05) is 17.3 Å². The minimum atomic E-state index is -4.29. The molecule has 0 unspecified atom stereocenters. The minimum absolute atomic E-state index is 0.108. The summed E-state index contributed by atoms with van der Waals surface area (Å²) in [5, 5.41) is 15.9. The molecule has 4 aromatic carbocycles. The highest BCUT2D eigenvalue weighted by molar-refractivity contribution is 7.92. The molecule has 0 fully saturated rings. The van der Waals surface area contributed by atoms with E-state index >= 15 is 0 Å². The van der Waals surface area contributed by atoms with Gasteiger partial charge in [-0.2, -0.15) is 0 Å². The van der Waals surface area contributed by atoms with E-state index in [2.05, 4.69) is 10.0 Å². The van der Waals surface area contributed by atoms with E-state index < -0.39 is 32.9 Å².